The fourth-order valence-corrected chi connectivity index (χ4v) is 5.59. The van der Waals surface area contributed by atoms with E-state index in [4.69, 9.17) is 9.84 Å². The van der Waals surface area contributed by atoms with Crippen LogP contribution in [0.25, 0.3) is 0 Å². The summed E-state index contributed by atoms with van der Waals surface area (Å²) in [7, 11) is 0. The lowest BCUT2D eigenvalue weighted by Gasteiger charge is -2.30. The third-order valence-electron chi connectivity index (χ3n) is 6.81. The lowest BCUT2D eigenvalue weighted by atomic mass is 9.96. The molecule has 1 aromatic carbocycles. The van der Waals surface area contributed by atoms with Gasteiger partial charge in [0.1, 0.15) is 12.6 Å². The van der Waals surface area contributed by atoms with Crippen LogP contribution in [0.2, 0.25) is 0 Å². The van der Waals surface area contributed by atoms with Gasteiger partial charge in [-0.15, -0.1) is 0 Å². The first-order chi connectivity index (χ1) is 19.3. The molecule has 2 aromatic rings. The Morgan fingerprint density at radius 2 is 1.69 bits per heavy atom. The molecule has 4 rings (SSSR count). The Labute approximate surface area is 244 Å². The molecule has 1 aliphatic carbocycles. The normalized spacial score (nSPS) is 16.6. The number of nitrogens with one attached hydrogen (secondary N) is 1. The molecule has 0 bridgehead atoms. The minimum atomic E-state index is -4.61. The van der Waals surface area contributed by atoms with Gasteiger partial charge in [0.05, 0.1) is 16.8 Å². The van der Waals surface area contributed by atoms with E-state index in [0.29, 0.717) is 6.42 Å². The Morgan fingerprint density at radius 3 is 2.21 bits per heavy atom. The maximum atomic E-state index is 13.5. The second-order valence-electron chi connectivity index (χ2n) is 12.8. The molecule has 1 aliphatic heterocycles. The number of aliphatic carboxylic acids is 1. The number of amides is 2. The van der Waals surface area contributed by atoms with Crippen LogP contribution in [0.4, 0.5) is 19.0 Å². The van der Waals surface area contributed by atoms with Crippen LogP contribution in [0.5, 0.6) is 0 Å². The highest BCUT2D eigenvalue weighted by atomic mass is 19.4. The van der Waals surface area contributed by atoms with Crippen molar-refractivity contribution in [2.45, 2.75) is 110 Å². The molecule has 12 heteroatoms. The number of benzene rings is 1. The summed E-state index contributed by atoms with van der Waals surface area (Å²) >= 11 is 0. The quantitative estimate of drug-likeness (QED) is 0.399. The fraction of sp³-hybridized carbons (Fsp3) is 0.600. The van der Waals surface area contributed by atoms with E-state index in [0.717, 1.165) is 36.4 Å². The lowest BCUT2D eigenvalue weighted by molar-refractivity contribution is -0.139. The highest BCUT2D eigenvalue weighted by Gasteiger charge is 2.43. The molecule has 2 aliphatic rings. The summed E-state index contributed by atoms with van der Waals surface area (Å²) in [5.74, 6) is -1.97. The summed E-state index contributed by atoms with van der Waals surface area (Å²) in [4.78, 5) is 38.3. The summed E-state index contributed by atoms with van der Waals surface area (Å²) in [6, 6.07) is 3.94. The smallest absolute Gasteiger partial charge is 0.416 e. The van der Waals surface area contributed by atoms with E-state index in [-0.39, 0.29) is 47.2 Å². The van der Waals surface area contributed by atoms with Crippen LogP contribution in [0.3, 0.4) is 0 Å². The van der Waals surface area contributed by atoms with Crippen molar-refractivity contribution in [3.05, 3.63) is 47.2 Å². The molecule has 2 N–H and O–H groups in total. The van der Waals surface area contributed by atoms with Crippen molar-refractivity contribution >= 4 is 23.6 Å². The minimum Gasteiger partial charge on any atom is -0.480 e. The Balaban J connectivity index is 0.000000467. The number of halogens is 3. The molecule has 1 fully saturated rings. The van der Waals surface area contributed by atoms with Crippen LogP contribution < -0.4 is 5.32 Å². The molecule has 1 aromatic heterocycles. The van der Waals surface area contributed by atoms with Gasteiger partial charge in [-0.25, -0.2) is 0 Å². The largest absolute Gasteiger partial charge is 0.480 e. The average molecular weight is 595 g/mol. The topological polar surface area (TPSA) is 114 Å². The fourth-order valence-electron chi connectivity index (χ4n) is 5.59. The van der Waals surface area contributed by atoms with Crippen LogP contribution in [0, 0.1) is 5.92 Å². The highest BCUT2D eigenvalue weighted by Crippen LogP contribution is 2.39. The molecule has 0 unspecified atom stereocenters. The number of nitrogens with zero attached hydrogens (tertiary/aromatic N) is 3. The van der Waals surface area contributed by atoms with Crippen LogP contribution in [0.1, 0.15) is 95.1 Å². The SMILES string of the molecule is CC(C)(C)OC(C)(C)C.O=C(O)Cn1ccc(NC(=O)[C@H](CC2CCCC2)N2Cc3c(cccc3C(F)(F)F)C2=O)n1. The number of carbonyl (C=O) groups excluding carboxylic acids is 2. The third kappa shape index (κ3) is 9.30. The van der Waals surface area contributed by atoms with Crippen LogP contribution in [0.15, 0.2) is 30.5 Å². The Morgan fingerprint density at radius 1 is 1.07 bits per heavy atom. The van der Waals surface area contributed by atoms with Gasteiger partial charge < -0.3 is 20.1 Å². The van der Waals surface area contributed by atoms with Crippen molar-refractivity contribution in [2.24, 2.45) is 5.92 Å². The van der Waals surface area contributed by atoms with E-state index in [1.807, 2.05) is 0 Å². The van der Waals surface area contributed by atoms with Gasteiger partial charge in [-0.3, -0.25) is 19.1 Å². The molecular formula is C30H41F3N4O5. The standard InChI is InChI=1S/C22H23F3N4O4.C8H18O/c23-22(24,25)16-7-3-6-14-15(16)11-29(21(14)33)17(10-13-4-1-2-5-13)20(32)26-18-8-9-28(27-18)12-19(30)31;1-7(2,3)9-8(4,5)6/h3,6-9,13,17H,1-2,4-5,10-12H2,(H,30,31)(H,26,27,32);1-6H3/t17-;/m0./s1. The van der Waals surface area contributed by atoms with Crippen molar-refractivity contribution in [1.29, 1.82) is 0 Å². The van der Waals surface area contributed by atoms with Crippen molar-refractivity contribution < 1.29 is 37.4 Å². The van der Waals surface area contributed by atoms with E-state index in [1.54, 1.807) is 0 Å². The van der Waals surface area contributed by atoms with E-state index < -0.39 is 35.6 Å². The molecule has 0 radical (unpaired) electrons. The molecule has 0 spiro atoms. The third-order valence-corrected chi connectivity index (χ3v) is 6.81. The predicted octanol–water partition coefficient (Wildman–Crippen LogP) is 6.13. The van der Waals surface area contributed by atoms with Crippen molar-refractivity contribution in [3.8, 4) is 0 Å². The van der Waals surface area contributed by atoms with Gasteiger partial charge >= 0.3 is 12.1 Å². The van der Waals surface area contributed by atoms with Gasteiger partial charge in [0, 0.05) is 24.4 Å². The molecule has 9 nitrogen and oxygen atoms in total. The monoisotopic (exact) mass is 594 g/mol. The van der Waals surface area contributed by atoms with E-state index in [2.05, 4.69) is 52.0 Å². The zero-order valence-corrected chi connectivity index (χ0v) is 25.0. The molecule has 2 amide bonds. The predicted molar refractivity (Wildman–Crippen MR) is 151 cm³/mol. The van der Waals surface area contributed by atoms with Gasteiger partial charge in [0.25, 0.3) is 5.91 Å². The first-order valence-corrected chi connectivity index (χ1v) is 14.1. The molecule has 1 atom stereocenters. The second kappa shape index (κ2) is 12.8. The number of alkyl halides is 3. The number of anilines is 1. The first-order valence-electron chi connectivity index (χ1n) is 14.1. The molecular weight excluding hydrogens is 553 g/mol. The maximum Gasteiger partial charge on any atom is 0.416 e. The lowest BCUT2D eigenvalue weighted by Crippen LogP contribution is -2.45. The van der Waals surface area contributed by atoms with Crippen LogP contribution in [-0.2, 0) is 33.6 Å². The number of ether oxygens (including phenoxy) is 1. The van der Waals surface area contributed by atoms with E-state index in [1.165, 1.54) is 29.3 Å². The van der Waals surface area contributed by atoms with Crippen molar-refractivity contribution in [3.63, 3.8) is 0 Å². The summed E-state index contributed by atoms with van der Waals surface area (Å²) in [6.45, 7) is 11.7. The van der Waals surface area contributed by atoms with Gasteiger partial charge in [0.15, 0.2) is 5.82 Å². The molecule has 232 valence electrons. The zero-order chi connectivity index (χ0) is 31.5. The maximum absolute atomic E-state index is 13.5. The summed E-state index contributed by atoms with van der Waals surface area (Å²) in [5, 5.41) is 15.5. The van der Waals surface area contributed by atoms with Crippen molar-refractivity contribution in [1.82, 2.24) is 14.7 Å². The minimum absolute atomic E-state index is 0.0156. The van der Waals surface area contributed by atoms with Crippen molar-refractivity contribution in [2.75, 3.05) is 5.32 Å². The number of rotatable bonds is 7. The Kier molecular flexibility index (Phi) is 10.1. The first kappa shape index (κ1) is 33.1. The average Bonchev–Trinajstić information content (AvgIpc) is 3.56. The highest BCUT2D eigenvalue weighted by molar-refractivity contribution is 6.03. The van der Waals surface area contributed by atoms with Gasteiger partial charge in [-0.1, -0.05) is 31.7 Å². The number of hydrogen-bond donors (Lipinski definition) is 2. The van der Waals surface area contributed by atoms with Crippen LogP contribution >= 0.6 is 0 Å². The number of carbonyl (C=O) groups is 3. The summed E-state index contributed by atoms with van der Waals surface area (Å²) in [5.41, 5.74) is -1.07. The summed E-state index contributed by atoms with van der Waals surface area (Å²) < 4.78 is 47.3. The number of carboxylic acids is 1. The summed E-state index contributed by atoms with van der Waals surface area (Å²) in [6.07, 6.45) is 0.905. The molecule has 0 saturated heterocycles. The number of fused-ring (bicyclic) bond motifs is 1. The zero-order valence-electron chi connectivity index (χ0n) is 25.0. The Bertz CT molecular complexity index is 1260. The second-order valence-corrected chi connectivity index (χ2v) is 12.8. The van der Waals surface area contributed by atoms with Crippen LogP contribution in [-0.4, -0.2) is 54.8 Å². The van der Waals surface area contributed by atoms with Gasteiger partial charge in [-0.2, -0.15) is 18.3 Å². The van der Waals surface area contributed by atoms with Gasteiger partial charge in [0.2, 0.25) is 5.91 Å². The number of aromatic nitrogens is 2. The molecule has 42 heavy (non-hydrogen) atoms. The van der Waals surface area contributed by atoms with E-state index >= 15 is 0 Å². The van der Waals surface area contributed by atoms with E-state index in [9.17, 15) is 27.6 Å². The molecule has 2 heterocycles. The number of carboxylic acid groups (broad SMARTS) is 1. The Hall–Kier alpha value is -3.41. The molecule has 1 saturated carbocycles. The number of hydrogen-bond acceptors (Lipinski definition) is 5. The van der Waals surface area contributed by atoms with Gasteiger partial charge in [-0.05, 0) is 71.6 Å².